The van der Waals surface area contributed by atoms with Gasteiger partial charge in [0.05, 0.1) is 17.6 Å². The minimum absolute atomic E-state index is 0.230. The number of benzene rings is 3. The standard InChI is InChI=1S/C29H34N2O/c1-21(2)19-24-13-15-25(16-14-24)23(4)29-30-27-11-5-6-12-28(27)31(29)17-8-18-32-26-10-7-9-22(3)20-26/h5-7,9-16,20-21,23H,8,17-19H2,1-4H3/t23-/m1/s1. The summed E-state index contributed by atoms with van der Waals surface area (Å²) >= 11 is 0. The van der Waals surface area contributed by atoms with Gasteiger partial charge in [-0.15, -0.1) is 0 Å². The number of para-hydroxylation sites is 2. The van der Waals surface area contributed by atoms with E-state index in [1.54, 1.807) is 0 Å². The summed E-state index contributed by atoms with van der Waals surface area (Å²) in [6, 6.07) is 25.8. The van der Waals surface area contributed by atoms with Crippen molar-refractivity contribution in [2.24, 2.45) is 5.92 Å². The van der Waals surface area contributed by atoms with Crippen molar-refractivity contribution in [2.75, 3.05) is 6.61 Å². The number of hydrogen-bond donors (Lipinski definition) is 0. The third kappa shape index (κ3) is 5.21. The van der Waals surface area contributed by atoms with Crippen LogP contribution in [0.25, 0.3) is 11.0 Å². The lowest BCUT2D eigenvalue weighted by Crippen LogP contribution is -2.11. The molecule has 0 aliphatic heterocycles. The van der Waals surface area contributed by atoms with Crippen LogP contribution in [0, 0.1) is 12.8 Å². The molecule has 0 amide bonds. The zero-order valence-corrected chi connectivity index (χ0v) is 19.7. The van der Waals surface area contributed by atoms with Gasteiger partial charge in [-0.25, -0.2) is 4.98 Å². The lowest BCUT2D eigenvalue weighted by atomic mass is 9.96. The van der Waals surface area contributed by atoms with Gasteiger partial charge in [-0.05, 0) is 66.6 Å². The summed E-state index contributed by atoms with van der Waals surface area (Å²) < 4.78 is 8.37. The largest absolute Gasteiger partial charge is 0.494 e. The molecule has 0 N–H and O–H groups in total. The van der Waals surface area contributed by atoms with Gasteiger partial charge < -0.3 is 9.30 Å². The van der Waals surface area contributed by atoms with Gasteiger partial charge in [0.1, 0.15) is 11.6 Å². The Morgan fingerprint density at radius 3 is 2.44 bits per heavy atom. The van der Waals surface area contributed by atoms with E-state index in [1.807, 2.05) is 12.1 Å². The van der Waals surface area contributed by atoms with Crippen molar-refractivity contribution in [1.82, 2.24) is 9.55 Å². The maximum absolute atomic E-state index is 5.99. The van der Waals surface area contributed by atoms with Gasteiger partial charge in [0, 0.05) is 12.5 Å². The zero-order chi connectivity index (χ0) is 22.5. The monoisotopic (exact) mass is 426 g/mol. The molecule has 0 radical (unpaired) electrons. The van der Waals surface area contributed by atoms with E-state index in [9.17, 15) is 0 Å². The molecule has 4 rings (SSSR count). The van der Waals surface area contributed by atoms with E-state index in [1.165, 1.54) is 22.2 Å². The number of nitrogens with zero attached hydrogens (tertiary/aromatic N) is 2. The van der Waals surface area contributed by atoms with Crippen LogP contribution in [0.3, 0.4) is 0 Å². The lowest BCUT2D eigenvalue weighted by molar-refractivity contribution is 0.301. The first kappa shape index (κ1) is 22.1. The minimum atomic E-state index is 0.230. The van der Waals surface area contributed by atoms with E-state index in [-0.39, 0.29) is 5.92 Å². The molecule has 0 aliphatic carbocycles. The van der Waals surface area contributed by atoms with Gasteiger partial charge in [-0.1, -0.05) is 69.3 Å². The number of imidazole rings is 1. The summed E-state index contributed by atoms with van der Waals surface area (Å²) in [5.74, 6) is 2.96. The first-order valence-corrected chi connectivity index (χ1v) is 11.7. The van der Waals surface area contributed by atoms with Crippen molar-refractivity contribution in [2.45, 2.75) is 53.0 Å². The third-order valence-electron chi connectivity index (χ3n) is 5.98. The molecule has 0 aliphatic rings. The number of rotatable bonds is 9. The van der Waals surface area contributed by atoms with Crippen molar-refractivity contribution < 1.29 is 4.74 Å². The van der Waals surface area contributed by atoms with Crippen LogP contribution in [0.4, 0.5) is 0 Å². The SMILES string of the molecule is Cc1cccc(OCCCn2c([C@H](C)c3ccc(CC(C)C)cc3)nc3ccccc32)c1. The highest BCUT2D eigenvalue weighted by atomic mass is 16.5. The van der Waals surface area contributed by atoms with E-state index in [2.05, 4.69) is 92.9 Å². The molecule has 1 heterocycles. The molecule has 1 atom stereocenters. The minimum Gasteiger partial charge on any atom is -0.494 e. The average Bonchev–Trinajstić information content (AvgIpc) is 3.15. The van der Waals surface area contributed by atoms with Gasteiger partial charge in [0.25, 0.3) is 0 Å². The van der Waals surface area contributed by atoms with Crippen LogP contribution in [0.2, 0.25) is 0 Å². The summed E-state index contributed by atoms with van der Waals surface area (Å²) in [5.41, 5.74) is 6.19. The Hall–Kier alpha value is -3.07. The summed E-state index contributed by atoms with van der Waals surface area (Å²) in [6.45, 7) is 10.5. The highest BCUT2D eigenvalue weighted by molar-refractivity contribution is 5.76. The van der Waals surface area contributed by atoms with Crippen LogP contribution < -0.4 is 4.74 Å². The molecular formula is C29H34N2O. The van der Waals surface area contributed by atoms with E-state index < -0.39 is 0 Å². The van der Waals surface area contributed by atoms with Gasteiger partial charge in [-0.3, -0.25) is 0 Å². The Balaban J connectivity index is 1.51. The van der Waals surface area contributed by atoms with Crippen LogP contribution in [0.1, 0.15) is 55.6 Å². The smallest absolute Gasteiger partial charge is 0.119 e. The topological polar surface area (TPSA) is 27.1 Å². The van der Waals surface area contributed by atoms with Gasteiger partial charge in [-0.2, -0.15) is 0 Å². The normalized spacial score (nSPS) is 12.4. The van der Waals surface area contributed by atoms with Gasteiger partial charge in [0.2, 0.25) is 0 Å². The predicted octanol–water partition coefficient (Wildman–Crippen LogP) is 7.16. The van der Waals surface area contributed by atoms with E-state index in [0.717, 1.165) is 36.5 Å². The molecule has 0 fully saturated rings. The Morgan fingerprint density at radius 2 is 1.69 bits per heavy atom. The second-order valence-electron chi connectivity index (χ2n) is 9.19. The maximum Gasteiger partial charge on any atom is 0.119 e. The number of aromatic nitrogens is 2. The summed E-state index contributed by atoms with van der Waals surface area (Å²) in [6.07, 6.45) is 2.05. The fraction of sp³-hybridized carbons (Fsp3) is 0.345. The second-order valence-corrected chi connectivity index (χ2v) is 9.19. The Morgan fingerprint density at radius 1 is 0.906 bits per heavy atom. The van der Waals surface area contributed by atoms with Gasteiger partial charge in [0.15, 0.2) is 0 Å². The van der Waals surface area contributed by atoms with Crippen LogP contribution in [0.15, 0.2) is 72.8 Å². The van der Waals surface area contributed by atoms with Gasteiger partial charge >= 0.3 is 0 Å². The molecule has 0 saturated heterocycles. The van der Waals surface area contributed by atoms with Crippen LogP contribution >= 0.6 is 0 Å². The zero-order valence-electron chi connectivity index (χ0n) is 19.7. The van der Waals surface area contributed by atoms with Crippen molar-refractivity contribution >= 4 is 11.0 Å². The molecule has 3 aromatic carbocycles. The van der Waals surface area contributed by atoms with Crippen LogP contribution in [0.5, 0.6) is 5.75 Å². The van der Waals surface area contributed by atoms with Crippen LogP contribution in [-0.4, -0.2) is 16.2 Å². The molecule has 0 spiro atoms. The molecule has 4 aromatic rings. The molecule has 0 bridgehead atoms. The Bertz CT molecular complexity index is 1160. The van der Waals surface area contributed by atoms with E-state index in [4.69, 9.17) is 9.72 Å². The van der Waals surface area contributed by atoms with E-state index >= 15 is 0 Å². The van der Waals surface area contributed by atoms with E-state index in [0.29, 0.717) is 12.5 Å². The van der Waals surface area contributed by atoms with Crippen molar-refractivity contribution in [3.8, 4) is 5.75 Å². The molecule has 0 unspecified atom stereocenters. The first-order chi connectivity index (χ1) is 15.5. The molecule has 0 saturated carbocycles. The quantitative estimate of drug-likeness (QED) is 0.265. The second kappa shape index (κ2) is 10.0. The fourth-order valence-electron chi connectivity index (χ4n) is 4.34. The average molecular weight is 427 g/mol. The lowest BCUT2D eigenvalue weighted by Gasteiger charge is -2.16. The molecule has 1 aromatic heterocycles. The maximum atomic E-state index is 5.99. The summed E-state index contributed by atoms with van der Waals surface area (Å²) in [5, 5.41) is 0. The summed E-state index contributed by atoms with van der Waals surface area (Å²) in [7, 11) is 0. The number of ether oxygens (including phenoxy) is 1. The molecule has 3 heteroatoms. The summed E-state index contributed by atoms with van der Waals surface area (Å²) in [4.78, 5) is 5.03. The molecule has 166 valence electrons. The third-order valence-corrected chi connectivity index (χ3v) is 5.98. The molecule has 32 heavy (non-hydrogen) atoms. The Labute approximate surface area is 192 Å². The fourth-order valence-corrected chi connectivity index (χ4v) is 4.34. The Kier molecular flexibility index (Phi) is 6.94. The van der Waals surface area contributed by atoms with Crippen molar-refractivity contribution in [1.29, 1.82) is 0 Å². The van der Waals surface area contributed by atoms with Crippen molar-refractivity contribution in [3.05, 3.63) is 95.3 Å². The highest BCUT2D eigenvalue weighted by Crippen LogP contribution is 2.28. The predicted molar refractivity (Wildman–Crippen MR) is 134 cm³/mol. The number of aryl methyl sites for hydroxylation is 2. The molecular weight excluding hydrogens is 392 g/mol. The van der Waals surface area contributed by atoms with Crippen molar-refractivity contribution in [3.63, 3.8) is 0 Å². The van der Waals surface area contributed by atoms with Crippen LogP contribution in [-0.2, 0) is 13.0 Å². The number of hydrogen-bond acceptors (Lipinski definition) is 2. The number of fused-ring (bicyclic) bond motifs is 1. The highest BCUT2D eigenvalue weighted by Gasteiger charge is 2.18. The first-order valence-electron chi connectivity index (χ1n) is 11.7. The molecule has 3 nitrogen and oxygen atoms in total.